The second kappa shape index (κ2) is 5.35. The standard InChI is InChI=1S/C16H18FNO2/c17-14-7-5-11(6-8-14)15(19)13-2-1-9-18(10-13)16(20)12-3-4-12/h5-8,12-13H,1-4,9-10H2/t13-/m0/s1. The zero-order valence-electron chi connectivity index (χ0n) is 11.3. The average molecular weight is 275 g/mol. The van der Waals surface area contributed by atoms with Gasteiger partial charge in [-0.25, -0.2) is 4.39 Å². The second-order valence-corrected chi connectivity index (χ2v) is 5.77. The summed E-state index contributed by atoms with van der Waals surface area (Å²) in [6.07, 6.45) is 3.67. The van der Waals surface area contributed by atoms with Gasteiger partial charge in [-0.2, -0.15) is 0 Å². The normalized spacial score (nSPS) is 22.6. The molecule has 1 aromatic carbocycles. The lowest BCUT2D eigenvalue weighted by atomic mass is 9.90. The molecule has 1 aromatic rings. The fourth-order valence-corrected chi connectivity index (χ4v) is 2.83. The summed E-state index contributed by atoms with van der Waals surface area (Å²) in [6, 6.07) is 5.67. The van der Waals surface area contributed by atoms with Gasteiger partial charge in [-0.05, 0) is 49.9 Å². The first-order chi connectivity index (χ1) is 9.65. The minimum Gasteiger partial charge on any atom is -0.342 e. The molecule has 1 saturated heterocycles. The molecular formula is C16H18FNO2. The van der Waals surface area contributed by atoms with Crippen LogP contribution >= 0.6 is 0 Å². The molecule has 1 aliphatic carbocycles. The van der Waals surface area contributed by atoms with Crippen LogP contribution in [0.4, 0.5) is 4.39 Å². The predicted molar refractivity (Wildman–Crippen MR) is 72.8 cm³/mol. The Morgan fingerprint density at radius 1 is 1.05 bits per heavy atom. The summed E-state index contributed by atoms with van der Waals surface area (Å²) < 4.78 is 12.9. The molecule has 0 bridgehead atoms. The number of nitrogens with zero attached hydrogens (tertiary/aromatic N) is 1. The monoisotopic (exact) mass is 275 g/mol. The van der Waals surface area contributed by atoms with Crippen LogP contribution in [0.2, 0.25) is 0 Å². The van der Waals surface area contributed by atoms with Crippen LogP contribution < -0.4 is 0 Å². The number of benzene rings is 1. The maximum atomic E-state index is 12.9. The van der Waals surface area contributed by atoms with Crippen molar-refractivity contribution >= 4 is 11.7 Å². The van der Waals surface area contributed by atoms with Crippen molar-refractivity contribution in [3.63, 3.8) is 0 Å². The highest BCUT2D eigenvalue weighted by Crippen LogP contribution is 2.33. The van der Waals surface area contributed by atoms with E-state index in [1.807, 2.05) is 4.90 Å². The number of rotatable bonds is 3. The van der Waals surface area contributed by atoms with Crippen molar-refractivity contribution in [1.82, 2.24) is 4.90 Å². The van der Waals surface area contributed by atoms with E-state index >= 15 is 0 Å². The number of piperidine rings is 1. The Morgan fingerprint density at radius 2 is 1.75 bits per heavy atom. The molecule has 0 radical (unpaired) electrons. The first-order valence-electron chi connectivity index (χ1n) is 7.24. The molecule has 0 unspecified atom stereocenters. The lowest BCUT2D eigenvalue weighted by Gasteiger charge is -2.32. The zero-order valence-corrected chi connectivity index (χ0v) is 11.3. The van der Waals surface area contributed by atoms with Crippen molar-refractivity contribution in [2.75, 3.05) is 13.1 Å². The summed E-state index contributed by atoms with van der Waals surface area (Å²) in [5.74, 6) is -0.0396. The summed E-state index contributed by atoms with van der Waals surface area (Å²) in [4.78, 5) is 26.3. The molecule has 1 aliphatic heterocycles. The van der Waals surface area contributed by atoms with Crippen molar-refractivity contribution in [2.45, 2.75) is 25.7 Å². The Kier molecular flexibility index (Phi) is 3.55. The van der Waals surface area contributed by atoms with E-state index < -0.39 is 0 Å². The Bertz CT molecular complexity index is 522. The summed E-state index contributed by atoms with van der Waals surface area (Å²) in [6.45, 7) is 1.29. The Morgan fingerprint density at radius 3 is 2.40 bits per heavy atom. The van der Waals surface area contributed by atoms with Gasteiger partial charge in [0.2, 0.25) is 5.91 Å². The van der Waals surface area contributed by atoms with Crippen LogP contribution in [0.25, 0.3) is 0 Å². The predicted octanol–water partition coefficient (Wildman–Crippen LogP) is 2.66. The summed E-state index contributed by atoms with van der Waals surface area (Å²) in [5, 5.41) is 0. The third kappa shape index (κ3) is 2.74. The highest BCUT2D eigenvalue weighted by atomic mass is 19.1. The van der Waals surface area contributed by atoms with E-state index in [9.17, 15) is 14.0 Å². The largest absolute Gasteiger partial charge is 0.342 e. The first kappa shape index (κ1) is 13.3. The third-order valence-electron chi connectivity index (χ3n) is 4.16. The van der Waals surface area contributed by atoms with Gasteiger partial charge >= 0.3 is 0 Å². The number of likely N-dealkylation sites (tertiary alicyclic amines) is 1. The van der Waals surface area contributed by atoms with E-state index in [2.05, 4.69) is 0 Å². The van der Waals surface area contributed by atoms with Gasteiger partial charge in [0, 0.05) is 30.5 Å². The number of ketones is 1. The minimum atomic E-state index is -0.337. The molecule has 2 aliphatic rings. The SMILES string of the molecule is O=C(c1ccc(F)cc1)[C@H]1CCCN(C(=O)C2CC2)C1. The van der Waals surface area contributed by atoms with E-state index in [0.29, 0.717) is 12.1 Å². The van der Waals surface area contributed by atoms with Gasteiger partial charge in [0.1, 0.15) is 5.82 Å². The molecule has 1 heterocycles. The molecule has 1 amide bonds. The van der Waals surface area contributed by atoms with Crippen LogP contribution in [-0.2, 0) is 4.79 Å². The van der Waals surface area contributed by atoms with Gasteiger partial charge in [-0.15, -0.1) is 0 Å². The summed E-state index contributed by atoms with van der Waals surface area (Å²) >= 11 is 0. The maximum Gasteiger partial charge on any atom is 0.225 e. The van der Waals surface area contributed by atoms with E-state index in [0.717, 1.165) is 32.2 Å². The highest BCUT2D eigenvalue weighted by molar-refractivity contribution is 5.98. The van der Waals surface area contributed by atoms with Crippen LogP contribution in [0.1, 0.15) is 36.0 Å². The third-order valence-corrected chi connectivity index (χ3v) is 4.16. The van der Waals surface area contributed by atoms with E-state index in [1.165, 1.54) is 24.3 Å². The van der Waals surface area contributed by atoms with Gasteiger partial charge in [0.25, 0.3) is 0 Å². The van der Waals surface area contributed by atoms with Gasteiger partial charge < -0.3 is 4.90 Å². The summed E-state index contributed by atoms with van der Waals surface area (Å²) in [5.41, 5.74) is 0.539. The molecule has 3 nitrogen and oxygen atoms in total. The van der Waals surface area contributed by atoms with Gasteiger partial charge in [-0.3, -0.25) is 9.59 Å². The molecule has 1 atom stereocenters. The Labute approximate surface area is 117 Å². The van der Waals surface area contributed by atoms with Gasteiger partial charge in [0.05, 0.1) is 0 Å². The number of Topliss-reactive ketones (excluding diaryl/α,β-unsaturated/α-hetero) is 1. The molecular weight excluding hydrogens is 257 g/mol. The van der Waals surface area contributed by atoms with Crippen molar-refractivity contribution in [3.8, 4) is 0 Å². The van der Waals surface area contributed by atoms with Crippen LogP contribution in [0.3, 0.4) is 0 Å². The van der Waals surface area contributed by atoms with Crippen molar-refractivity contribution < 1.29 is 14.0 Å². The average Bonchev–Trinajstić information content (AvgIpc) is 3.31. The Balaban J connectivity index is 1.68. The molecule has 20 heavy (non-hydrogen) atoms. The van der Waals surface area contributed by atoms with E-state index in [4.69, 9.17) is 0 Å². The maximum absolute atomic E-state index is 12.9. The van der Waals surface area contributed by atoms with Gasteiger partial charge in [0.15, 0.2) is 5.78 Å². The number of amides is 1. The van der Waals surface area contributed by atoms with Crippen LogP contribution in [-0.4, -0.2) is 29.7 Å². The van der Waals surface area contributed by atoms with Crippen LogP contribution in [0, 0.1) is 17.7 Å². The zero-order chi connectivity index (χ0) is 14.1. The lowest BCUT2D eigenvalue weighted by Crippen LogP contribution is -2.43. The fraction of sp³-hybridized carbons (Fsp3) is 0.500. The Hall–Kier alpha value is -1.71. The fourth-order valence-electron chi connectivity index (χ4n) is 2.83. The van der Waals surface area contributed by atoms with E-state index in [-0.39, 0.29) is 29.3 Å². The molecule has 0 spiro atoms. The topological polar surface area (TPSA) is 37.4 Å². The number of hydrogen-bond acceptors (Lipinski definition) is 2. The summed E-state index contributed by atoms with van der Waals surface area (Å²) in [7, 11) is 0. The molecule has 0 N–H and O–H groups in total. The van der Waals surface area contributed by atoms with Gasteiger partial charge in [-0.1, -0.05) is 0 Å². The number of hydrogen-bond donors (Lipinski definition) is 0. The van der Waals surface area contributed by atoms with Crippen LogP contribution in [0.15, 0.2) is 24.3 Å². The second-order valence-electron chi connectivity index (χ2n) is 5.77. The number of halogens is 1. The first-order valence-corrected chi connectivity index (χ1v) is 7.24. The minimum absolute atomic E-state index is 0.0262. The smallest absolute Gasteiger partial charge is 0.225 e. The van der Waals surface area contributed by atoms with Crippen molar-refractivity contribution in [1.29, 1.82) is 0 Å². The molecule has 2 fully saturated rings. The molecule has 106 valence electrons. The molecule has 4 heteroatoms. The molecule has 0 aromatic heterocycles. The van der Waals surface area contributed by atoms with Crippen LogP contribution in [0.5, 0.6) is 0 Å². The van der Waals surface area contributed by atoms with Crippen molar-refractivity contribution in [2.24, 2.45) is 11.8 Å². The van der Waals surface area contributed by atoms with Crippen molar-refractivity contribution in [3.05, 3.63) is 35.6 Å². The number of carbonyl (C=O) groups excluding carboxylic acids is 2. The molecule has 3 rings (SSSR count). The van der Waals surface area contributed by atoms with E-state index in [1.54, 1.807) is 0 Å². The lowest BCUT2D eigenvalue weighted by molar-refractivity contribution is -0.133. The quantitative estimate of drug-likeness (QED) is 0.795. The highest BCUT2D eigenvalue weighted by Gasteiger charge is 2.36. The molecule has 1 saturated carbocycles. The number of carbonyl (C=O) groups is 2.